The highest BCUT2D eigenvalue weighted by Gasteiger charge is 2.34. The van der Waals surface area contributed by atoms with Crippen LogP contribution in [0, 0.1) is 11.3 Å². The minimum absolute atomic E-state index is 0.223. The first-order chi connectivity index (χ1) is 6.99. The molecule has 0 radical (unpaired) electrons. The first kappa shape index (κ1) is 10.5. The number of aliphatic carboxylic acids is 1. The van der Waals surface area contributed by atoms with Crippen molar-refractivity contribution in [1.29, 1.82) is 0 Å². The van der Waals surface area contributed by atoms with Crippen molar-refractivity contribution in [3.05, 3.63) is 23.3 Å². The lowest BCUT2D eigenvalue weighted by Gasteiger charge is -2.31. The lowest BCUT2D eigenvalue weighted by Crippen LogP contribution is -2.17. The van der Waals surface area contributed by atoms with Crippen LogP contribution in [0.2, 0.25) is 0 Å². The van der Waals surface area contributed by atoms with Gasteiger partial charge in [-0.15, -0.1) is 0 Å². The van der Waals surface area contributed by atoms with E-state index >= 15 is 0 Å². The van der Waals surface area contributed by atoms with Crippen molar-refractivity contribution in [3.63, 3.8) is 0 Å². The summed E-state index contributed by atoms with van der Waals surface area (Å²) in [6, 6.07) is 0. The molecule has 0 saturated carbocycles. The van der Waals surface area contributed by atoms with E-state index in [9.17, 15) is 4.79 Å². The second-order valence-corrected chi connectivity index (χ2v) is 5.29. The van der Waals surface area contributed by atoms with Crippen LogP contribution in [0.3, 0.4) is 0 Å². The largest absolute Gasteiger partial charge is 0.481 e. The van der Waals surface area contributed by atoms with E-state index in [4.69, 9.17) is 5.11 Å². The SMILES string of the molecule is CC1(C)CCC=C2CC(CC(=O)O)C=C21. The number of carboxylic acids is 1. The maximum atomic E-state index is 10.7. The number of hydrogen-bond donors (Lipinski definition) is 1. The molecule has 0 saturated heterocycles. The zero-order valence-corrected chi connectivity index (χ0v) is 9.42. The molecule has 2 aliphatic carbocycles. The Morgan fingerprint density at radius 1 is 1.60 bits per heavy atom. The van der Waals surface area contributed by atoms with E-state index in [0.717, 1.165) is 12.8 Å². The second-order valence-electron chi connectivity index (χ2n) is 5.29. The summed E-state index contributed by atoms with van der Waals surface area (Å²) in [6.07, 6.45) is 8.02. The summed E-state index contributed by atoms with van der Waals surface area (Å²) in [5.41, 5.74) is 3.05. The molecule has 2 aliphatic rings. The maximum absolute atomic E-state index is 10.7. The summed E-state index contributed by atoms with van der Waals surface area (Å²) < 4.78 is 0. The van der Waals surface area contributed by atoms with Gasteiger partial charge in [0.15, 0.2) is 0 Å². The van der Waals surface area contributed by atoms with Crippen molar-refractivity contribution in [3.8, 4) is 0 Å². The molecule has 0 aliphatic heterocycles. The molecule has 1 atom stereocenters. The zero-order chi connectivity index (χ0) is 11.1. The van der Waals surface area contributed by atoms with Gasteiger partial charge >= 0.3 is 5.97 Å². The van der Waals surface area contributed by atoms with E-state index in [1.54, 1.807) is 0 Å². The molecule has 0 amide bonds. The molecule has 0 aromatic heterocycles. The summed E-state index contributed by atoms with van der Waals surface area (Å²) in [7, 11) is 0. The average Bonchev–Trinajstić information content (AvgIpc) is 2.46. The fourth-order valence-electron chi connectivity index (χ4n) is 2.74. The molecule has 1 unspecified atom stereocenters. The van der Waals surface area contributed by atoms with E-state index in [0.29, 0.717) is 0 Å². The number of hydrogen-bond acceptors (Lipinski definition) is 1. The molecule has 82 valence electrons. The molecule has 0 fully saturated rings. The Bertz CT molecular complexity index is 348. The zero-order valence-electron chi connectivity index (χ0n) is 9.42. The van der Waals surface area contributed by atoms with Gasteiger partial charge in [0.05, 0.1) is 6.42 Å². The Morgan fingerprint density at radius 3 is 2.93 bits per heavy atom. The van der Waals surface area contributed by atoms with Crippen LogP contribution in [0.5, 0.6) is 0 Å². The van der Waals surface area contributed by atoms with Gasteiger partial charge in [-0.2, -0.15) is 0 Å². The van der Waals surface area contributed by atoms with E-state index in [2.05, 4.69) is 26.0 Å². The van der Waals surface area contributed by atoms with Crippen LogP contribution in [0.25, 0.3) is 0 Å². The Morgan fingerprint density at radius 2 is 2.33 bits per heavy atom. The molecule has 0 aromatic rings. The number of carbonyl (C=O) groups is 1. The van der Waals surface area contributed by atoms with Crippen LogP contribution in [0.15, 0.2) is 23.3 Å². The first-order valence-electron chi connectivity index (χ1n) is 5.62. The topological polar surface area (TPSA) is 37.3 Å². The van der Waals surface area contributed by atoms with Gasteiger partial charge in [0.1, 0.15) is 0 Å². The van der Waals surface area contributed by atoms with E-state index in [1.807, 2.05) is 0 Å². The van der Waals surface area contributed by atoms with Crippen molar-refractivity contribution in [2.75, 3.05) is 0 Å². The quantitative estimate of drug-likeness (QED) is 0.753. The molecule has 0 aromatic carbocycles. The number of allylic oxidation sites excluding steroid dienone is 4. The molecular weight excluding hydrogens is 188 g/mol. The Balaban J connectivity index is 2.21. The number of carboxylic acid groups (broad SMARTS) is 1. The average molecular weight is 206 g/mol. The van der Waals surface area contributed by atoms with Gasteiger partial charge in [-0.25, -0.2) is 0 Å². The van der Waals surface area contributed by atoms with E-state index in [1.165, 1.54) is 17.6 Å². The second kappa shape index (κ2) is 3.51. The molecule has 0 spiro atoms. The fourth-order valence-corrected chi connectivity index (χ4v) is 2.74. The predicted molar refractivity (Wildman–Crippen MR) is 59.5 cm³/mol. The summed E-state index contributed by atoms with van der Waals surface area (Å²) >= 11 is 0. The molecule has 2 nitrogen and oxygen atoms in total. The van der Waals surface area contributed by atoms with E-state index in [-0.39, 0.29) is 17.8 Å². The first-order valence-corrected chi connectivity index (χ1v) is 5.62. The highest BCUT2D eigenvalue weighted by molar-refractivity contribution is 5.68. The lowest BCUT2D eigenvalue weighted by molar-refractivity contribution is -0.137. The minimum atomic E-state index is -0.686. The lowest BCUT2D eigenvalue weighted by atomic mass is 9.74. The molecule has 0 bridgehead atoms. The monoisotopic (exact) mass is 206 g/mol. The van der Waals surface area contributed by atoms with Gasteiger partial charge in [-0.05, 0) is 41.7 Å². The predicted octanol–water partition coefficient (Wildman–Crippen LogP) is 3.15. The molecule has 2 heteroatoms. The molecule has 15 heavy (non-hydrogen) atoms. The highest BCUT2D eigenvalue weighted by atomic mass is 16.4. The number of rotatable bonds is 2. The van der Waals surface area contributed by atoms with Crippen molar-refractivity contribution < 1.29 is 9.90 Å². The molecule has 1 N–H and O–H groups in total. The standard InChI is InChI=1S/C13H18O2/c1-13(2)5-3-4-10-6-9(7-11(10)13)8-12(14)15/h4,7,9H,3,5-6,8H2,1-2H3,(H,14,15). The van der Waals surface area contributed by atoms with Gasteiger partial charge in [-0.1, -0.05) is 26.0 Å². The molecule has 0 heterocycles. The Kier molecular flexibility index (Phi) is 2.45. The van der Waals surface area contributed by atoms with Gasteiger partial charge in [0, 0.05) is 0 Å². The van der Waals surface area contributed by atoms with Crippen LogP contribution in [0.1, 0.15) is 39.5 Å². The van der Waals surface area contributed by atoms with Gasteiger partial charge < -0.3 is 5.11 Å². The van der Waals surface area contributed by atoms with Gasteiger partial charge in [0.2, 0.25) is 0 Å². The van der Waals surface area contributed by atoms with Crippen LogP contribution in [0.4, 0.5) is 0 Å². The Hall–Kier alpha value is -1.05. The minimum Gasteiger partial charge on any atom is -0.481 e. The molecule has 2 rings (SSSR count). The smallest absolute Gasteiger partial charge is 0.303 e. The van der Waals surface area contributed by atoms with Crippen molar-refractivity contribution in [2.24, 2.45) is 11.3 Å². The van der Waals surface area contributed by atoms with Crippen LogP contribution in [-0.4, -0.2) is 11.1 Å². The van der Waals surface area contributed by atoms with Gasteiger partial charge in [0.25, 0.3) is 0 Å². The third kappa shape index (κ3) is 1.99. The van der Waals surface area contributed by atoms with Crippen LogP contribution in [-0.2, 0) is 4.79 Å². The summed E-state index contributed by atoms with van der Waals surface area (Å²) in [5.74, 6) is -0.463. The highest BCUT2D eigenvalue weighted by Crippen LogP contribution is 2.47. The summed E-state index contributed by atoms with van der Waals surface area (Å²) in [6.45, 7) is 4.52. The Labute approximate surface area is 90.7 Å². The normalized spacial score (nSPS) is 28.0. The maximum Gasteiger partial charge on any atom is 0.303 e. The summed E-state index contributed by atoms with van der Waals surface area (Å²) in [5, 5.41) is 8.79. The fraction of sp³-hybridized carbons (Fsp3) is 0.615. The third-order valence-electron chi connectivity index (χ3n) is 3.56. The van der Waals surface area contributed by atoms with E-state index < -0.39 is 5.97 Å². The van der Waals surface area contributed by atoms with Crippen molar-refractivity contribution in [2.45, 2.75) is 39.5 Å². The van der Waals surface area contributed by atoms with Crippen LogP contribution >= 0.6 is 0 Å². The summed E-state index contributed by atoms with van der Waals surface area (Å²) in [4.78, 5) is 10.7. The van der Waals surface area contributed by atoms with Crippen LogP contribution < -0.4 is 0 Å². The molecular formula is C13H18O2. The van der Waals surface area contributed by atoms with Gasteiger partial charge in [-0.3, -0.25) is 4.79 Å². The van der Waals surface area contributed by atoms with Crippen molar-refractivity contribution >= 4 is 5.97 Å². The number of fused-ring (bicyclic) bond motifs is 1. The third-order valence-corrected chi connectivity index (χ3v) is 3.56. The van der Waals surface area contributed by atoms with Crippen molar-refractivity contribution in [1.82, 2.24) is 0 Å².